The van der Waals surface area contributed by atoms with Crippen LogP contribution in [0.3, 0.4) is 0 Å². The molecule has 4 fully saturated rings. The van der Waals surface area contributed by atoms with Gasteiger partial charge in [-0.05, 0) is 91.7 Å². The number of likely N-dealkylation sites (N-methyl/N-ethyl adjacent to an activating group) is 1. The first-order valence-electron chi connectivity index (χ1n) is 23.8. The zero-order chi connectivity index (χ0) is 51.7. The predicted octanol–water partition coefficient (Wildman–Crippen LogP) is -0.744. The Balaban J connectivity index is 0.981. The minimum Gasteiger partial charge on any atom is -0.600 e. The average Bonchev–Trinajstić information content (AvgIpc) is 3.28. The molecule has 9 rings (SSSR count). The van der Waals surface area contributed by atoms with Crippen molar-refractivity contribution in [3.05, 3.63) is 56.3 Å². The van der Waals surface area contributed by atoms with Crippen LogP contribution in [0, 0.1) is 5.21 Å². The highest BCUT2D eigenvalue weighted by Gasteiger charge is 2.62. The molecule has 5 aliphatic heterocycles. The summed E-state index contributed by atoms with van der Waals surface area (Å²) in [5.74, 6) is -5.39. The summed E-state index contributed by atoms with van der Waals surface area (Å²) in [7, 11) is 4.49. The number of ketones is 2. The van der Waals surface area contributed by atoms with Gasteiger partial charge in [0.1, 0.15) is 59.3 Å². The fourth-order valence-corrected chi connectivity index (χ4v) is 11.9. The topological polar surface area (TPSA) is 327 Å². The van der Waals surface area contributed by atoms with Gasteiger partial charge in [-0.1, -0.05) is 0 Å². The van der Waals surface area contributed by atoms with E-state index in [0.29, 0.717) is 0 Å². The van der Waals surface area contributed by atoms with Gasteiger partial charge in [0.2, 0.25) is 12.1 Å². The largest absolute Gasteiger partial charge is 0.600 e. The van der Waals surface area contributed by atoms with Crippen LogP contribution in [0.25, 0.3) is 0 Å². The SMILES string of the molecule is COC(=O)[C@@H]1c2cc3c(c(O)c2CC[C@]1(C)O)C(=O)c1c(O)cc2c(c1C3=O)O[C@H]1O[C@]2(C)[C@@H](O[C@H]2C[C@H](O)[C@H](O[C@H]3C[C@@](C)([NH+]([O-])O)[C@H](O[C@@H]4C[C@H](O)[C@H](O)[C@H](C)O4)[C@H](C)O3)[C@H](C)O2)[C@H](N(C)C)[C@H]1O. The number of rotatable bonds is 9. The molecule has 5 heterocycles. The summed E-state index contributed by atoms with van der Waals surface area (Å²) in [5, 5.41) is 101. The lowest BCUT2D eigenvalue weighted by Gasteiger charge is -2.56. The minimum atomic E-state index is -1.69. The molecular weight excluding hydrogens is 941 g/mol. The number of carbonyl (C=O) groups is 3. The molecule has 2 aliphatic carbocycles. The monoisotopic (exact) mass is 1000 g/mol. The molecule has 23 heteroatoms. The molecule has 2 aromatic carbocycles. The number of nitrogens with one attached hydrogen (secondary N) is 1. The number of aliphatic hydroxyl groups excluding tert-OH is 4. The Hall–Kier alpha value is -3.99. The number of hydroxylamine groups is 2. The van der Waals surface area contributed by atoms with Gasteiger partial charge in [0, 0.05) is 24.0 Å². The number of methoxy groups -OCH3 is 1. The van der Waals surface area contributed by atoms with Crippen LogP contribution in [0.2, 0.25) is 0 Å². The first kappa shape index (κ1) is 51.9. The fraction of sp³-hybridized carbons (Fsp3) is 0.688. The molecule has 20 atom stereocenters. The van der Waals surface area contributed by atoms with E-state index in [-0.39, 0.29) is 60.1 Å². The average molecular weight is 1010 g/mol. The maximum atomic E-state index is 14.9. The number of hydrogen-bond acceptors (Lipinski definition) is 22. The van der Waals surface area contributed by atoms with E-state index in [2.05, 4.69) is 0 Å². The second-order valence-electron chi connectivity index (χ2n) is 20.9. The van der Waals surface area contributed by atoms with E-state index in [0.717, 1.165) is 7.11 Å². The summed E-state index contributed by atoms with van der Waals surface area (Å²) in [4.78, 5) is 44.1. The summed E-state index contributed by atoms with van der Waals surface area (Å²) in [5.41, 5.74) is -6.22. The van der Waals surface area contributed by atoms with E-state index in [1.54, 1.807) is 46.7 Å². The maximum Gasteiger partial charge on any atom is 0.316 e. The van der Waals surface area contributed by atoms with Crippen LogP contribution in [0.15, 0.2) is 12.1 Å². The fourth-order valence-electron chi connectivity index (χ4n) is 11.9. The van der Waals surface area contributed by atoms with Gasteiger partial charge >= 0.3 is 5.97 Å². The number of nitrogens with zero attached hydrogens (tertiary/aromatic N) is 1. The predicted molar refractivity (Wildman–Crippen MR) is 237 cm³/mol. The van der Waals surface area contributed by atoms with E-state index >= 15 is 0 Å². The molecule has 2 bridgehead atoms. The van der Waals surface area contributed by atoms with Crippen molar-refractivity contribution in [1.82, 2.24) is 4.90 Å². The van der Waals surface area contributed by atoms with Crippen LogP contribution >= 0.6 is 0 Å². The molecule has 0 amide bonds. The third-order valence-corrected chi connectivity index (χ3v) is 15.8. The van der Waals surface area contributed by atoms with Crippen molar-refractivity contribution >= 4 is 17.5 Å². The Morgan fingerprint density at radius 1 is 0.831 bits per heavy atom. The Bertz CT molecular complexity index is 2430. The molecule has 0 radical (unpaired) electrons. The molecule has 9 N–H and O–H groups in total. The molecule has 71 heavy (non-hydrogen) atoms. The normalized spacial score (nSPS) is 42.3. The number of quaternary nitrogens is 1. The lowest BCUT2D eigenvalue weighted by molar-refractivity contribution is -1.09. The van der Waals surface area contributed by atoms with Crippen LogP contribution < -0.4 is 9.96 Å². The number of hydrogen-bond donors (Lipinski definition) is 9. The third-order valence-electron chi connectivity index (χ3n) is 15.8. The second kappa shape index (κ2) is 18.4. The summed E-state index contributed by atoms with van der Waals surface area (Å²) < 4.78 is 55.0. The number of carbonyl (C=O) groups excluding carboxylic acids is 3. The molecule has 1 unspecified atom stereocenters. The van der Waals surface area contributed by atoms with Gasteiger partial charge < -0.3 is 88.5 Å². The molecule has 0 spiro atoms. The van der Waals surface area contributed by atoms with Gasteiger partial charge in [0.25, 0.3) is 0 Å². The van der Waals surface area contributed by atoms with E-state index in [9.17, 15) is 60.5 Å². The smallest absolute Gasteiger partial charge is 0.316 e. The Morgan fingerprint density at radius 2 is 1.46 bits per heavy atom. The highest BCUT2D eigenvalue weighted by atomic mass is 16.8. The highest BCUT2D eigenvalue weighted by Crippen LogP contribution is 2.55. The number of phenols is 2. The molecular formula is C48H64N2O21. The van der Waals surface area contributed by atoms with Crippen molar-refractivity contribution < 1.29 is 103 Å². The van der Waals surface area contributed by atoms with Crippen molar-refractivity contribution in [2.24, 2.45) is 0 Å². The molecule has 0 saturated carbocycles. The number of esters is 1. The number of phenolic OH excluding ortho intramolecular Hbond substituents is 2. The van der Waals surface area contributed by atoms with Crippen molar-refractivity contribution in [3.63, 3.8) is 0 Å². The standard InChI is InChI=1S/C48H64N2O21/c1-17-35(54)25(52)14-27(64-17)68-42-19(3)66-29(16-46(42,4)50(61)62)67-40-18(2)65-28(15-26(40)53)69-43-34(49(7)8)39(58)45-70-41-23(48(43,6)71-45)13-24(51)31-32(41)37(56)22-12-21-20(36(55)30(22)38(31)57)10-11-47(5,60)33(21)44(59)63-9/h12-13,17-19,25-29,33-35,39-40,42-43,45,50-55,58,60-61H,10-11,14-16H2,1-9H3/t17-,18-,19-,25-,26-,27+,28-,29-,33-,34+,35+,39+,40+,42+,43-,45-,46+,47-,48-/m0/s1. The number of ether oxygens (including phenoxy) is 9. The summed E-state index contributed by atoms with van der Waals surface area (Å²) >= 11 is 0. The van der Waals surface area contributed by atoms with E-state index in [1.165, 1.54) is 26.0 Å². The lowest BCUT2D eigenvalue weighted by Crippen LogP contribution is -3.16. The Morgan fingerprint density at radius 3 is 2.08 bits per heavy atom. The first-order valence-corrected chi connectivity index (χ1v) is 23.8. The van der Waals surface area contributed by atoms with Gasteiger partial charge in [0.15, 0.2) is 30.2 Å². The summed E-state index contributed by atoms with van der Waals surface area (Å²) in [6, 6.07) is 1.54. The lowest BCUT2D eigenvalue weighted by atomic mass is 9.69. The Labute approximate surface area is 408 Å². The van der Waals surface area contributed by atoms with Crippen LogP contribution in [-0.2, 0) is 54.7 Å². The van der Waals surface area contributed by atoms with Gasteiger partial charge in [-0.25, -0.2) is 10.4 Å². The third kappa shape index (κ3) is 8.35. The zero-order valence-corrected chi connectivity index (χ0v) is 40.8. The molecule has 2 aromatic rings. The van der Waals surface area contributed by atoms with Crippen LogP contribution in [0.1, 0.15) is 122 Å². The van der Waals surface area contributed by atoms with Gasteiger partial charge in [-0.15, -0.1) is 0 Å². The van der Waals surface area contributed by atoms with Gasteiger partial charge in [0.05, 0.1) is 72.4 Å². The van der Waals surface area contributed by atoms with Crippen molar-refractivity contribution in [2.45, 2.75) is 189 Å². The molecule has 4 saturated heterocycles. The van der Waals surface area contributed by atoms with E-state index < -0.39 is 166 Å². The van der Waals surface area contributed by atoms with Crippen molar-refractivity contribution in [1.29, 1.82) is 0 Å². The summed E-state index contributed by atoms with van der Waals surface area (Å²) in [6.45, 7) is 9.28. The quantitative estimate of drug-likeness (QED) is 0.0941. The first-order chi connectivity index (χ1) is 33.2. The number of aliphatic hydroxyl groups is 5. The van der Waals surface area contributed by atoms with Crippen molar-refractivity contribution in [2.75, 3.05) is 21.2 Å². The minimum absolute atomic E-state index is 0.0214. The van der Waals surface area contributed by atoms with E-state index in [1.807, 2.05) is 0 Å². The van der Waals surface area contributed by atoms with E-state index in [4.69, 9.17) is 42.6 Å². The summed E-state index contributed by atoms with van der Waals surface area (Å²) in [6.07, 6.45) is -16.4. The van der Waals surface area contributed by atoms with Crippen LogP contribution in [-0.4, -0.2) is 188 Å². The number of fused-ring (bicyclic) bond motifs is 8. The van der Waals surface area contributed by atoms with Crippen LogP contribution in [0.5, 0.6) is 17.2 Å². The van der Waals surface area contributed by atoms with Crippen molar-refractivity contribution in [3.8, 4) is 17.2 Å². The zero-order valence-electron chi connectivity index (χ0n) is 40.8. The van der Waals surface area contributed by atoms with Crippen LogP contribution in [0.4, 0.5) is 0 Å². The maximum absolute atomic E-state index is 14.9. The molecule has 392 valence electrons. The molecule has 0 aromatic heterocycles. The number of aromatic hydroxyl groups is 2. The molecule has 7 aliphatic rings. The Kier molecular flexibility index (Phi) is 13.5. The second-order valence-corrected chi connectivity index (χ2v) is 20.9. The molecule has 23 nitrogen and oxygen atoms in total. The van der Waals surface area contributed by atoms with Gasteiger partial charge in [-0.3, -0.25) is 14.4 Å². The highest BCUT2D eigenvalue weighted by molar-refractivity contribution is 6.31. The number of benzene rings is 2. The van der Waals surface area contributed by atoms with Gasteiger partial charge in [-0.2, -0.15) is 0 Å².